The van der Waals surface area contributed by atoms with Gasteiger partial charge < -0.3 is 5.32 Å². The minimum atomic E-state index is 0.818. The van der Waals surface area contributed by atoms with Crippen molar-refractivity contribution in [2.45, 2.75) is 109 Å². The van der Waals surface area contributed by atoms with Crippen LogP contribution in [0.15, 0.2) is 103 Å². The summed E-state index contributed by atoms with van der Waals surface area (Å²) in [5, 5.41) is 8.20. The van der Waals surface area contributed by atoms with Crippen LogP contribution in [0.3, 0.4) is 0 Å². The highest BCUT2D eigenvalue weighted by molar-refractivity contribution is 5.79. The number of benzene rings is 2. The molecule has 0 atom stereocenters. The molecule has 3 nitrogen and oxygen atoms in total. The van der Waals surface area contributed by atoms with Crippen molar-refractivity contribution in [2.75, 3.05) is 6.54 Å². The fourth-order valence-electron chi connectivity index (χ4n) is 4.13. The van der Waals surface area contributed by atoms with Crippen LogP contribution in [0.2, 0.25) is 0 Å². The summed E-state index contributed by atoms with van der Waals surface area (Å²) in [4.78, 5) is 0. The second-order valence-corrected chi connectivity index (χ2v) is 10.0. The van der Waals surface area contributed by atoms with E-state index in [2.05, 4.69) is 132 Å². The molecule has 1 aliphatic carbocycles. The summed E-state index contributed by atoms with van der Waals surface area (Å²) in [6, 6.07) is 16.7. The number of nitrogens with one attached hydrogen (secondary N) is 1. The van der Waals surface area contributed by atoms with Crippen LogP contribution in [0.1, 0.15) is 108 Å². The lowest BCUT2D eigenvalue weighted by Crippen LogP contribution is -2.22. The third kappa shape index (κ3) is 16.2. The molecule has 4 rings (SSSR count). The summed E-state index contributed by atoms with van der Waals surface area (Å²) in [6.07, 6.45) is 13.7. The van der Waals surface area contributed by atoms with Crippen molar-refractivity contribution < 1.29 is 0 Å². The zero-order valence-electron chi connectivity index (χ0n) is 31.1. The van der Waals surface area contributed by atoms with E-state index >= 15 is 0 Å². The average molecular weight is 612 g/mol. The number of aryl methyl sites for hydroxylation is 4. The van der Waals surface area contributed by atoms with Gasteiger partial charge in [-0.2, -0.15) is 5.10 Å². The standard InChI is InChI=1S/C25H31N3.C8H10.C3H6.3C2H6/c1-6-22-11-13-23(14-12-22)17-26-25(28-21(5)20(4)16-27-28)15-19(3)24-10-8-7-9-18(24)2;1-7-5-3-4-6-8(7)2;1-3-2;3*1-2/h7-11,13,15-16,26H,3,6,12,14,17H2,1-2,4-5H3;3-6H,1-2H3;3H,1H2,2H3;3*1-2H3/b25-15-;;;;;. The van der Waals surface area contributed by atoms with Crippen LogP contribution >= 0.6 is 0 Å². The smallest absolute Gasteiger partial charge is 0.128 e. The summed E-state index contributed by atoms with van der Waals surface area (Å²) in [5.41, 5.74) is 11.4. The molecule has 1 aromatic heterocycles. The maximum atomic E-state index is 4.59. The lowest BCUT2D eigenvalue weighted by Gasteiger charge is -2.18. The van der Waals surface area contributed by atoms with Gasteiger partial charge in [0, 0.05) is 12.2 Å². The van der Waals surface area contributed by atoms with Crippen molar-refractivity contribution in [3.05, 3.63) is 137 Å². The Bertz CT molecular complexity index is 1310. The minimum absolute atomic E-state index is 0.818. The van der Waals surface area contributed by atoms with Crippen LogP contribution in [0, 0.1) is 34.6 Å². The number of hydrogen-bond acceptors (Lipinski definition) is 2. The monoisotopic (exact) mass is 612 g/mol. The predicted molar refractivity (Wildman–Crippen MR) is 206 cm³/mol. The van der Waals surface area contributed by atoms with Gasteiger partial charge in [-0.25, -0.2) is 4.68 Å². The third-order valence-corrected chi connectivity index (χ3v) is 6.98. The Labute approximate surface area is 278 Å². The molecule has 0 spiro atoms. The Morgan fingerprint density at radius 2 is 1.24 bits per heavy atom. The molecule has 0 unspecified atom stereocenters. The van der Waals surface area contributed by atoms with Crippen molar-refractivity contribution in [3.8, 4) is 0 Å². The summed E-state index contributed by atoms with van der Waals surface area (Å²) < 4.78 is 1.98. The molecule has 248 valence electrons. The molecule has 0 saturated heterocycles. The van der Waals surface area contributed by atoms with E-state index in [4.69, 9.17) is 0 Å². The quantitative estimate of drug-likeness (QED) is 0.213. The van der Waals surface area contributed by atoms with E-state index in [1.54, 1.807) is 6.08 Å². The summed E-state index contributed by atoms with van der Waals surface area (Å²) in [5.74, 6) is 0.963. The second kappa shape index (κ2) is 26.5. The molecule has 2 aromatic carbocycles. The van der Waals surface area contributed by atoms with Gasteiger partial charge in [0.05, 0.1) is 6.20 Å². The van der Waals surface area contributed by atoms with Gasteiger partial charge in [-0.1, -0.05) is 133 Å². The molecule has 45 heavy (non-hydrogen) atoms. The van der Waals surface area contributed by atoms with E-state index in [-0.39, 0.29) is 0 Å². The number of rotatable bonds is 7. The van der Waals surface area contributed by atoms with Gasteiger partial charge in [0.2, 0.25) is 0 Å². The van der Waals surface area contributed by atoms with Crippen LogP contribution in [0.4, 0.5) is 0 Å². The first-order chi connectivity index (χ1) is 21.7. The Hall–Kier alpha value is -3.85. The maximum absolute atomic E-state index is 4.59. The number of nitrogens with zero attached hydrogens (tertiary/aromatic N) is 2. The zero-order chi connectivity index (χ0) is 34.8. The van der Waals surface area contributed by atoms with Gasteiger partial charge in [0.1, 0.15) is 5.82 Å². The van der Waals surface area contributed by atoms with E-state index in [0.29, 0.717) is 0 Å². The normalized spacial score (nSPS) is 11.4. The Balaban J connectivity index is 0. The van der Waals surface area contributed by atoms with Crippen molar-refractivity contribution in [3.63, 3.8) is 0 Å². The summed E-state index contributed by atoms with van der Waals surface area (Å²) in [6.45, 7) is 35.2. The molecule has 0 saturated carbocycles. The topological polar surface area (TPSA) is 29.9 Å². The highest BCUT2D eigenvalue weighted by atomic mass is 15.3. The molecule has 3 heteroatoms. The van der Waals surface area contributed by atoms with E-state index in [1.807, 2.05) is 59.3 Å². The molecular weight excluding hydrogens is 546 g/mol. The van der Waals surface area contributed by atoms with Crippen molar-refractivity contribution in [1.82, 2.24) is 15.1 Å². The van der Waals surface area contributed by atoms with Crippen molar-refractivity contribution >= 4 is 11.4 Å². The Morgan fingerprint density at radius 1 is 0.778 bits per heavy atom. The molecule has 0 aliphatic heterocycles. The van der Waals surface area contributed by atoms with Crippen LogP contribution < -0.4 is 5.32 Å². The van der Waals surface area contributed by atoms with Gasteiger partial charge in [-0.3, -0.25) is 0 Å². The molecule has 1 N–H and O–H groups in total. The first-order valence-electron chi connectivity index (χ1n) is 16.9. The molecule has 1 heterocycles. The molecule has 3 aromatic rings. The van der Waals surface area contributed by atoms with Crippen LogP contribution in [-0.4, -0.2) is 16.3 Å². The largest absolute Gasteiger partial charge is 0.366 e. The van der Waals surface area contributed by atoms with E-state index in [1.165, 1.54) is 39.8 Å². The average Bonchev–Trinajstić information content (AvgIpc) is 3.41. The lowest BCUT2D eigenvalue weighted by atomic mass is 9.97. The zero-order valence-corrected chi connectivity index (χ0v) is 31.1. The SMILES string of the molecule is C=C(/C=C(/NCC1=CC=C(CC)CC1)n1ncc(C)c1C)c1ccccc1C.C=CC.CC.CC.CC.Cc1ccccc1C. The number of allylic oxidation sites excluding steroid dienone is 6. The van der Waals surface area contributed by atoms with E-state index in [0.717, 1.165) is 42.0 Å². The van der Waals surface area contributed by atoms with Crippen molar-refractivity contribution in [1.29, 1.82) is 0 Å². The first-order valence-corrected chi connectivity index (χ1v) is 16.9. The van der Waals surface area contributed by atoms with Gasteiger partial charge in [0.15, 0.2) is 0 Å². The predicted octanol–water partition coefficient (Wildman–Crippen LogP) is 12.5. The molecule has 0 amide bonds. The third-order valence-electron chi connectivity index (χ3n) is 6.98. The van der Waals surface area contributed by atoms with Crippen molar-refractivity contribution in [2.24, 2.45) is 0 Å². The Kier molecular flexibility index (Phi) is 25.5. The first kappa shape index (κ1) is 43.3. The Morgan fingerprint density at radius 3 is 1.64 bits per heavy atom. The number of aromatic nitrogens is 2. The van der Waals surface area contributed by atoms with E-state index < -0.39 is 0 Å². The summed E-state index contributed by atoms with van der Waals surface area (Å²) in [7, 11) is 0. The fourth-order valence-corrected chi connectivity index (χ4v) is 4.13. The molecule has 0 bridgehead atoms. The molecular formula is C42H65N3. The maximum Gasteiger partial charge on any atom is 0.128 e. The van der Waals surface area contributed by atoms with Gasteiger partial charge in [-0.15, -0.1) is 6.58 Å². The van der Waals surface area contributed by atoms with E-state index in [9.17, 15) is 0 Å². The summed E-state index contributed by atoms with van der Waals surface area (Å²) >= 11 is 0. The second-order valence-electron chi connectivity index (χ2n) is 10.0. The van der Waals surface area contributed by atoms with Gasteiger partial charge in [0.25, 0.3) is 0 Å². The van der Waals surface area contributed by atoms with Gasteiger partial charge >= 0.3 is 0 Å². The molecule has 0 radical (unpaired) electrons. The molecule has 1 aliphatic rings. The highest BCUT2D eigenvalue weighted by Crippen LogP contribution is 2.23. The van der Waals surface area contributed by atoms with Gasteiger partial charge in [-0.05, 0) is 100 Å². The molecule has 0 fully saturated rings. The van der Waals surface area contributed by atoms with Crippen LogP contribution in [0.25, 0.3) is 11.4 Å². The number of hydrogen-bond donors (Lipinski definition) is 1. The highest BCUT2D eigenvalue weighted by Gasteiger charge is 2.11. The minimum Gasteiger partial charge on any atom is -0.366 e. The van der Waals surface area contributed by atoms with Crippen LogP contribution in [-0.2, 0) is 0 Å². The lowest BCUT2D eigenvalue weighted by molar-refractivity contribution is 0.753. The van der Waals surface area contributed by atoms with Crippen LogP contribution in [0.5, 0.6) is 0 Å². The fraction of sp³-hybridized carbons (Fsp3) is 0.405.